The van der Waals surface area contributed by atoms with Crippen molar-refractivity contribution in [3.8, 4) is 12.3 Å². The van der Waals surface area contributed by atoms with E-state index in [9.17, 15) is 0 Å². The second kappa shape index (κ2) is 5.21. The van der Waals surface area contributed by atoms with Gasteiger partial charge in [0.1, 0.15) is 0 Å². The summed E-state index contributed by atoms with van der Waals surface area (Å²) in [5, 5.41) is 3.75. The van der Waals surface area contributed by atoms with Gasteiger partial charge in [-0.3, -0.25) is 4.90 Å². The third-order valence-corrected chi connectivity index (χ3v) is 4.31. The highest BCUT2D eigenvalue weighted by molar-refractivity contribution is 5.01. The van der Waals surface area contributed by atoms with Crippen LogP contribution in [0.15, 0.2) is 0 Å². The summed E-state index contributed by atoms with van der Waals surface area (Å²) in [7, 11) is 0. The largest absolute Gasteiger partial charge is 0.309 e. The molecular formula is C14H24N2. The number of nitrogens with zero attached hydrogens (tertiary/aromatic N) is 1. The van der Waals surface area contributed by atoms with E-state index in [4.69, 9.17) is 6.42 Å². The first kappa shape index (κ1) is 12.0. The molecule has 16 heavy (non-hydrogen) atoms. The molecule has 1 aliphatic heterocycles. The van der Waals surface area contributed by atoms with Crippen molar-refractivity contribution in [1.29, 1.82) is 0 Å². The van der Waals surface area contributed by atoms with Gasteiger partial charge >= 0.3 is 0 Å². The third kappa shape index (κ3) is 2.42. The number of rotatable bonds is 3. The van der Waals surface area contributed by atoms with Gasteiger partial charge in [-0.15, -0.1) is 12.3 Å². The van der Waals surface area contributed by atoms with Crippen molar-refractivity contribution in [1.82, 2.24) is 10.2 Å². The molecule has 2 fully saturated rings. The Balaban J connectivity index is 1.97. The van der Waals surface area contributed by atoms with Crippen LogP contribution in [0, 0.1) is 12.3 Å². The van der Waals surface area contributed by atoms with Gasteiger partial charge in [0.25, 0.3) is 0 Å². The predicted molar refractivity (Wildman–Crippen MR) is 68.3 cm³/mol. The Bertz CT molecular complexity index is 260. The second-order valence-corrected chi connectivity index (χ2v) is 5.36. The van der Waals surface area contributed by atoms with E-state index in [0.29, 0.717) is 11.6 Å². The highest BCUT2D eigenvalue weighted by Gasteiger charge is 2.38. The van der Waals surface area contributed by atoms with Crippen LogP contribution >= 0.6 is 0 Å². The maximum atomic E-state index is 5.46. The summed E-state index contributed by atoms with van der Waals surface area (Å²) in [5.41, 5.74) is 0.431. The van der Waals surface area contributed by atoms with Crippen molar-refractivity contribution >= 4 is 0 Å². The van der Waals surface area contributed by atoms with Crippen LogP contribution < -0.4 is 5.32 Å². The molecule has 2 rings (SSSR count). The standard InChI is InChI=1S/C14H24N2/c1-3-7-13(4-2)16-11-10-15-14(12-16)8-5-6-9-14/h1,13,15H,4-12H2,2H3. The van der Waals surface area contributed by atoms with E-state index < -0.39 is 0 Å². The molecule has 2 heteroatoms. The molecule has 0 aromatic rings. The summed E-state index contributed by atoms with van der Waals surface area (Å²) in [4.78, 5) is 2.63. The van der Waals surface area contributed by atoms with Crippen LogP contribution in [0.2, 0.25) is 0 Å². The molecule has 2 aliphatic rings. The normalized spacial score (nSPS) is 26.8. The van der Waals surface area contributed by atoms with Crippen LogP contribution in [0.1, 0.15) is 45.4 Å². The van der Waals surface area contributed by atoms with Gasteiger partial charge in [-0.1, -0.05) is 19.8 Å². The lowest BCUT2D eigenvalue weighted by Crippen LogP contribution is -2.60. The molecule has 1 spiro atoms. The minimum atomic E-state index is 0.431. The summed E-state index contributed by atoms with van der Waals surface area (Å²) < 4.78 is 0. The number of hydrogen-bond donors (Lipinski definition) is 1. The van der Waals surface area contributed by atoms with Crippen molar-refractivity contribution in [2.45, 2.75) is 57.0 Å². The molecule has 2 nitrogen and oxygen atoms in total. The van der Waals surface area contributed by atoms with Gasteiger partial charge in [0.05, 0.1) is 0 Å². The van der Waals surface area contributed by atoms with E-state index in [0.717, 1.165) is 13.0 Å². The van der Waals surface area contributed by atoms with Gasteiger partial charge in [0.15, 0.2) is 0 Å². The summed E-state index contributed by atoms with van der Waals surface area (Å²) >= 11 is 0. The zero-order valence-electron chi connectivity index (χ0n) is 10.5. The zero-order chi connectivity index (χ0) is 11.4. The maximum Gasteiger partial charge on any atom is 0.0309 e. The Morgan fingerprint density at radius 2 is 2.19 bits per heavy atom. The van der Waals surface area contributed by atoms with Crippen molar-refractivity contribution in [2.75, 3.05) is 19.6 Å². The van der Waals surface area contributed by atoms with Crippen LogP contribution in [0.5, 0.6) is 0 Å². The highest BCUT2D eigenvalue weighted by Crippen LogP contribution is 2.32. The van der Waals surface area contributed by atoms with Crippen LogP contribution in [-0.4, -0.2) is 36.1 Å². The number of piperazine rings is 1. The molecule has 0 aromatic heterocycles. The first-order chi connectivity index (χ1) is 7.79. The number of terminal acetylenes is 1. The Kier molecular flexibility index (Phi) is 3.89. The van der Waals surface area contributed by atoms with Gasteiger partial charge < -0.3 is 5.32 Å². The lowest BCUT2D eigenvalue weighted by molar-refractivity contribution is 0.0933. The fourth-order valence-corrected chi connectivity index (χ4v) is 3.35. The molecule has 0 amide bonds. The molecule has 1 saturated carbocycles. The third-order valence-electron chi connectivity index (χ3n) is 4.31. The molecule has 1 atom stereocenters. The van der Waals surface area contributed by atoms with Gasteiger partial charge in [-0.2, -0.15) is 0 Å². The molecular weight excluding hydrogens is 196 g/mol. The zero-order valence-corrected chi connectivity index (χ0v) is 10.5. The molecule has 0 radical (unpaired) electrons. The number of hydrogen-bond acceptors (Lipinski definition) is 2. The molecule has 1 saturated heterocycles. The summed E-state index contributed by atoms with van der Waals surface area (Å²) in [6, 6.07) is 0.601. The van der Waals surface area contributed by atoms with E-state index in [2.05, 4.69) is 23.1 Å². The van der Waals surface area contributed by atoms with E-state index in [1.54, 1.807) is 0 Å². The van der Waals surface area contributed by atoms with Crippen molar-refractivity contribution in [3.63, 3.8) is 0 Å². The van der Waals surface area contributed by atoms with E-state index in [-0.39, 0.29) is 0 Å². The SMILES string of the molecule is C#CCC(CC)N1CCNC2(CCCC2)C1. The first-order valence-electron chi connectivity index (χ1n) is 6.72. The molecule has 1 N–H and O–H groups in total. The van der Waals surface area contributed by atoms with Crippen molar-refractivity contribution in [2.24, 2.45) is 0 Å². The lowest BCUT2D eigenvalue weighted by atomic mass is 9.93. The van der Waals surface area contributed by atoms with Crippen LogP contribution in [-0.2, 0) is 0 Å². The smallest absolute Gasteiger partial charge is 0.0309 e. The fourth-order valence-electron chi connectivity index (χ4n) is 3.35. The van der Waals surface area contributed by atoms with Gasteiger partial charge in [0, 0.05) is 37.6 Å². The van der Waals surface area contributed by atoms with E-state index >= 15 is 0 Å². The molecule has 0 bridgehead atoms. The first-order valence-corrected chi connectivity index (χ1v) is 6.72. The Morgan fingerprint density at radius 3 is 2.81 bits per heavy atom. The molecule has 0 aromatic carbocycles. The average molecular weight is 220 g/mol. The van der Waals surface area contributed by atoms with E-state index in [1.807, 2.05) is 0 Å². The van der Waals surface area contributed by atoms with Crippen LogP contribution in [0.25, 0.3) is 0 Å². The Morgan fingerprint density at radius 1 is 1.44 bits per heavy atom. The Hall–Kier alpha value is -0.520. The minimum absolute atomic E-state index is 0.431. The average Bonchev–Trinajstić information content (AvgIpc) is 2.74. The quantitative estimate of drug-likeness (QED) is 0.732. The maximum absolute atomic E-state index is 5.46. The fraction of sp³-hybridized carbons (Fsp3) is 0.857. The monoisotopic (exact) mass is 220 g/mol. The summed E-state index contributed by atoms with van der Waals surface area (Å²) in [5.74, 6) is 2.83. The predicted octanol–water partition coefficient (Wildman–Crippen LogP) is 2.01. The van der Waals surface area contributed by atoms with Gasteiger partial charge in [-0.05, 0) is 19.3 Å². The minimum Gasteiger partial charge on any atom is -0.309 e. The Labute approximate surface area is 99.8 Å². The van der Waals surface area contributed by atoms with E-state index in [1.165, 1.54) is 45.2 Å². The molecule has 90 valence electrons. The van der Waals surface area contributed by atoms with Gasteiger partial charge in [-0.25, -0.2) is 0 Å². The molecule has 1 aliphatic carbocycles. The van der Waals surface area contributed by atoms with Crippen molar-refractivity contribution < 1.29 is 0 Å². The summed E-state index contributed by atoms with van der Waals surface area (Å²) in [6.07, 6.45) is 13.1. The topological polar surface area (TPSA) is 15.3 Å². The molecule has 1 unspecified atom stereocenters. The lowest BCUT2D eigenvalue weighted by Gasteiger charge is -2.44. The van der Waals surface area contributed by atoms with Gasteiger partial charge in [0.2, 0.25) is 0 Å². The van der Waals surface area contributed by atoms with Crippen LogP contribution in [0.4, 0.5) is 0 Å². The highest BCUT2D eigenvalue weighted by atomic mass is 15.2. The molecule has 1 heterocycles. The summed E-state index contributed by atoms with van der Waals surface area (Å²) in [6.45, 7) is 5.78. The second-order valence-electron chi connectivity index (χ2n) is 5.36. The van der Waals surface area contributed by atoms with Crippen LogP contribution in [0.3, 0.4) is 0 Å². The van der Waals surface area contributed by atoms with Crippen molar-refractivity contribution in [3.05, 3.63) is 0 Å². The number of nitrogens with one attached hydrogen (secondary N) is 1.